The summed E-state index contributed by atoms with van der Waals surface area (Å²) in [6, 6.07) is 8.80. The van der Waals surface area contributed by atoms with Gasteiger partial charge in [-0.25, -0.2) is 0 Å². The molecule has 1 aromatic rings. The number of benzene rings is 1. The van der Waals surface area contributed by atoms with Crippen LogP contribution in [0.5, 0.6) is 0 Å². The highest BCUT2D eigenvalue weighted by Gasteiger charge is 2.21. The molecule has 0 aliphatic heterocycles. The van der Waals surface area contributed by atoms with Crippen molar-refractivity contribution in [3.63, 3.8) is 0 Å². The van der Waals surface area contributed by atoms with Gasteiger partial charge in [0.1, 0.15) is 0 Å². The Bertz CT molecular complexity index is 390. The maximum atomic E-state index is 5.11. The summed E-state index contributed by atoms with van der Waals surface area (Å²) in [6.07, 6.45) is 7.00. The molecule has 1 N–H and O–H groups in total. The summed E-state index contributed by atoms with van der Waals surface area (Å²) < 4.78 is 6.30. The van der Waals surface area contributed by atoms with Crippen LogP contribution in [0.3, 0.4) is 0 Å². The third-order valence-corrected chi connectivity index (χ3v) is 4.78. The Morgan fingerprint density at radius 1 is 1.35 bits per heavy atom. The summed E-state index contributed by atoms with van der Waals surface area (Å²) in [7, 11) is 1.76. The molecule has 20 heavy (non-hydrogen) atoms. The Balaban J connectivity index is 1.94. The predicted octanol–water partition coefficient (Wildman–Crippen LogP) is 4.35. The van der Waals surface area contributed by atoms with Gasteiger partial charge in [-0.3, -0.25) is 0 Å². The monoisotopic (exact) mass is 339 g/mol. The van der Waals surface area contributed by atoms with E-state index in [4.69, 9.17) is 4.74 Å². The predicted molar refractivity (Wildman–Crippen MR) is 88.2 cm³/mol. The summed E-state index contributed by atoms with van der Waals surface area (Å²) >= 11 is 3.60. The van der Waals surface area contributed by atoms with Crippen LogP contribution in [0.15, 0.2) is 28.7 Å². The average molecular weight is 340 g/mol. The lowest BCUT2D eigenvalue weighted by atomic mass is 9.88. The highest BCUT2D eigenvalue weighted by molar-refractivity contribution is 9.10. The third kappa shape index (κ3) is 5.19. The van der Waals surface area contributed by atoms with Crippen molar-refractivity contribution in [2.75, 3.05) is 26.8 Å². The Kier molecular flexibility index (Phi) is 7.05. The van der Waals surface area contributed by atoms with Crippen LogP contribution in [-0.4, -0.2) is 26.8 Å². The zero-order valence-corrected chi connectivity index (χ0v) is 14.0. The smallest absolute Gasteiger partial charge is 0.0587 e. The van der Waals surface area contributed by atoms with Crippen molar-refractivity contribution in [2.45, 2.75) is 38.0 Å². The Hall–Kier alpha value is -0.380. The normalized spacial score (nSPS) is 17.5. The maximum Gasteiger partial charge on any atom is 0.0587 e. The van der Waals surface area contributed by atoms with Crippen molar-refractivity contribution in [1.29, 1.82) is 0 Å². The van der Waals surface area contributed by atoms with E-state index in [1.807, 2.05) is 0 Å². The third-order valence-electron chi connectivity index (χ3n) is 4.29. The summed E-state index contributed by atoms with van der Waals surface area (Å²) in [5.41, 5.74) is 1.45. The van der Waals surface area contributed by atoms with Gasteiger partial charge in [-0.1, -0.05) is 53.7 Å². The van der Waals surface area contributed by atoms with Crippen molar-refractivity contribution < 1.29 is 4.74 Å². The summed E-state index contributed by atoms with van der Waals surface area (Å²) in [4.78, 5) is 0. The largest absolute Gasteiger partial charge is 0.383 e. The van der Waals surface area contributed by atoms with Gasteiger partial charge in [-0.15, -0.1) is 0 Å². The summed E-state index contributed by atoms with van der Waals surface area (Å²) in [6.45, 7) is 2.77. The quantitative estimate of drug-likeness (QED) is 0.711. The second-order valence-corrected chi connectivity index (χ2v) is 6.75. The van der Waals surface area contributed by atoms with E-state index in [-0.39, 0.29) is 0 Å². The molecular weight excluding hydrogens is 314 g/mol. The Morgan fingerprint density at radius 2 is 2.15 bits per heavy atom. The van der Waals surface area contributed by atoms with Crippen molar-refractivity contribution in [3.05, 3.63) is 34.3 Å². The SMILES string of the molecule is COCCNCC(CC1CCCC1)c1cccc(Br)c1. The van der Waals surface area contributed by atoms with E-state index in [2.05, 4.69) is 45.5 Å². The minimum Gasteiger partial charge on any atom is -0.383 e. The number of nitrogens with one attached hydrogen (secondary N) is 1. The van der Waals surface area contributed by atoms with Crippen molar-refractivity contribution in [3.8, 4) is 0 Å². The first-order valence-corrected chi connectivity index (χ1v) is 8.54. The average Bonchev–Trinajstić information content (AvgIpc) is 2.95. The van der Waals surface area contributed by atoms with Crippen LogP contribution in [0.25, 0.3) is 0 Å². The molecule has 0 bridgehead atoms. The molecule has 1 aliphatic carbocycles. The fourth-order valence-electron chi connectivity index (χ4n) is 3.20. The molecule has 0 amide bonds. The number of ether oxygens (including phenoxy) is 1. The highest BCUT2D eigenvalue weighted by atomic mass is 79.9. The molecule has 2 rings (SSSR count). The Labute approximate surface area is 131 Å². The van der Waals surface area contributed by atoms with E-state index in [0.717, 1.165) is 25.6 Å². The van der Waals surface area contributed by atoms with E-state index in [0.29, 0.717) is 5.92 Å². The van der Waals surface area contributed by atoms with E-state index in [1.54, 1.807) is 7.11 Å². The van der Waals surface area contributed by atoms with Gasteiger partial charge in [0.15, 0.2) is 0 Å². The van der Waals surface area contributed by atoms with Gasteiger partial charge in [0.05, 0.1) is 6.61 Å². The molecule has 1 aromatic carbocycles. The fraction of sp³-hybridized carbons (Fsp3) is 0.647. The van der Waals surface area contributed by atoms with Gasteiger partial charge < -0.3 is 10.1 Å². The molecule has 0 aromatic heterocycles. The first-order valence-electron chi connectivity index (χ1n) is 7.74. The molecular formula is C17H26BrNO. The zero-order chi connectivity index (χ0) is 14.2. The van der Waals surface area contributed by atoms with Crippen molar-refractivity contribution in [2.24, 2.45) is 5.92 Å². The van der Waals surface area contributed by atoms with Crippen LogP contribution in [0.1, 0.15) is 43.6 Å². The molecule has 1 aliphatic rings. The van der Waals surface area contributed by atoms with Crippen LogP contribution in [-0.2, 0) is 4.74 Å². The van der Waals surface area contributed by atoms with Crippen molar-refractivity contribution in [1.82, 2.24) is 5.32 Å². The lowest BCUT2D eigenvalue weighted by Crippen LogP contribution is -2.26. The second kappa shape index (κ2) is 8.81. The van der Waals surface area contributed by atoms with Crippen LogP contribution >= 0.6 is 15.9 Å². The first-order chi connectivity index (χ1) is 9.79. The molecule has 0 radical (unpaired) electrons. The topological polar surface area (TPSA) is 21.3 Å². The molecule has 1 unspecified atom stereocenters. The molecule has 1 atom stereocenters. The standard InChI is InChI=1S/C17H26BrNO/c1-20-10-9-19-13-16(11-14-5-2-3-6-14)15-7-4-8-17(18)12-15/h4,7-8,12,14,16,19H,2-3,5-6,9-11,13H2,1H3. The molecule has 3 heteroatoms. The maximum absolute atomic E-state index is 5.11. The van der Waals surface area contributed by atoms with Crippen LogP contribution in [0.4, 0.5) is 0 Å². The van der Waals surface area contributed by atoms with E-state index in [9.17, 15) is 0 Å². The molecule has 0 heterocycles. The van der Waals surface area contributed by atoms with Crippen molar-refractivity contribution >= 4 is 15.9 Å². The second-order valence-electron chi connectivity index (χ2n) is 5.84. The number of hydrogen-bond acceptors (Lipinski definition) is 2. The number of hydrogen-bond donors (Lipinski definition) is 1. The number of halogens is 1. The zero-order valence-electron chi connectivity index (χ0n) is 12.4. The molecule has 112 valence electrons. The summed E-state index contributed by atoms with van der Waals surface area (Å²) in [5, 5.41) is 3.54. The van der Waals surface area contributed by atoms with Crippen LogP contribution in [0.2, 0.25) is 0 Å². The number of methoxy groups -OCH3 is 1. The van der Waals surface area contributed by atoms with Gasteiger partial charge in [-0.05, 0) is 36.0 Å². The lowest BCUT2D eigenvalue weighted by molar-refractivity contribution is 0.198. The Morgan fingerprint density at radius 3 is 2.85 bits per heavy atom. The van der Waals surface area contributed by atoms with Gasteiger partial charge >= 0.3 is 0 Å². The van der Waals surface area contributed by atoms with Crippen LogP contribution < -0.4 is 5.32 Å². The minimum absolute atomic E-state index is 0.618. The summed E-state index contributed by atoms with van der Waals surface area (Å²) in [5.74, 6) is 1.54. The molecule has 0 saturated heterocycles. The lowest BCUT2D eigenvalue weighted by Gasteiger charge is -2.22. The molecule has 2 nitrogen and oxygen atoms in total. The minimum atomic E-state index is 0.618. The van der Waals surface area contributed by atoms with Gasteiger partial charge in [-0.2, -0.15) is 0 Å². The fourth-order valence-corrected chi connectivity index (χ4v) is 3.61. The van der Waals surface area contributed by atoms with Gasteiger partial charge in [0, 0.05) is 24.7 Å². The van der Waals surface area contributed by atoms with E-state index in [1.165, 1.54) is 42.1 Å². The van der Waals surface area contributed by atoms with E-state index < -0.39 is 0 Å². The first kappa shape index (κ1) is 16.0. The van der Waals surface area contributed by atoms with Gasteiger partial charge in [0.2, 0.25) is 0 Å². The number of rotatable bonds is 8. The van der Waals surface area contributed by atoms with Gasteiger partial charge in [0.25, 0.3) is 0 Å². The van der Waals surface area contributed by atoms with E-state index >= 15 is 0 Å². The highest BCUT2D eigenvalue weighted by Crippen LogP contribution is 2.34. The molecule has 1 saturated carbocycles. The molecule has 1 fully saturated rings. The molecule has 0 spiro atoms. The van der Waals surface area contributed by atoms with Crippen LogP contribution in [0, 0.1) is 5.92 Å².